The highest BCUT2D eigenvalue weighted by Gasteiger charge is 2.66. The van der Waals surface area contributed by atoms with Gasteiger partial charge in [-0.2, -0.15) is 4.91 Å². The van der Waals surface area contributed by atoms with Crippen molar-refractivity contribution in [1.29, 1.82) is 0 Å². The van der Waals surface area contributed by atoms with Crippen molar-refractivity contribution in [2.24, 2.45) is 56.4 Å². The van der Waals surface area contributed by atoms with Crippen LogP contribution in [0.2, 0.25) is 0 Å². The molecule has 0 aromatic carbocycles. The molecule has 9 atom stereocenters. The predicted molar refractivity (Wildman–Crippen MR) is 171 cm³/mol. The topological polar surface area (TPSA) is 38.7 Å². The zero-order valence-corrected chi connectivity index (χ0v) is 28.2. The van der Waals surface area contributed by atoms with E-state index in [2.05, 4.69) is 72.7 Å². The molecule has 226 valence electrons. The van der Waals surface area contributed by atoms with Crippen LogP contribution in [0.4, 0.5) is 0 Å². The maximum Gasteiger partial charge on any atom is 0.0973 e. The molecule has 3 nitrogen and oxygen atoms in total. The summed E-state index contributed by atoms with van der Waals surface area (Å²) >= 11 is 0. The quantitative estimate of drug-likeness (QED) is 0.253. The minimum absolute atomic E-state index is 0.00677. The lowest BCUT2D eigenvalue weighted by atomic mass is 9.37. The summed E-state index contributed by atoms with van der Waals surface area (Å²) < 4.78 is 7.17. The molecule has 5 aliphatic carbocycles. The van der Waals surface area contributed by atoms with Crippen LogP contribution in [0.5, 0.6) is 0 Å². The summed E-state index contributed by atoms with van der Waals surface area (Å²) in [5, 5.41) is 3.64. The van der Waals surface area contributed by atoms with Crippen LogP contribution in [0, 0.1) is 56.2 Å². The molecule has 39 heavy (non-hydrogen) atoms. The molecule has 0 heterocycles. The summed E-state index contributed by atoms with van der Waals surface area (Å²) in [6.07, 6.45) is 21.3. The summed E-state index contributed by atoms with van der Waals surface area (Å²) in [5.74, 6) is 4.09. The first kappa shape index (κ1) is 31.6. The number of allylic oxidation sites excluding steroid dienone is 1. The third-order valence-corrected chi connectivity index (χ3v) is 17.6. The molecule has 0 spiro atoms. The second-order valence-electron chi connectivity index (χ2n) is 16.9. The van der Waals surface area contributed by atoms with Gasteiger partial charge < -0.3 is 4.18 Å². The smallest absolute Gasteiger partial charge is 0.0973 e. The first-order valence-corrected chi connectivity index (χ1v) is 18.7. The minimum Gasteiger partial charge on any atom is -0.336 e. The molecule has 0 N–H and O–H groups in total. The third kappa shape index (κ3) is 5.02. The molecule has 0 bridgehead atoms. The van der Waals surface area contributed by atoms with E-state index in [1.807, 2.05) is 6.92 Å². The summed E-state index contributed by atoms with van der Waals surface area (Å²) in [5.41, 5.74) is 1.36. The molecule has 0 radical (unpaired) electrons. The zero-order chi connectivity index (χ0) is 29.1. The number of nitrogens with zero attached hydrogens (tertiary/aromatic N) is 1. The van der Waals surface area contributed by atoms with Gasteiger partial charge in [0.25, 0.3) is 0 Å². The maximum atomic E-state index is 11.7. The average molecular weight is 562 g/mol. The highest BCUT2D eigenvalue weighted by molar-refractivity contribution is 8.29. The number of nitroso groups, excluding NO2 is 1. The first-order chi connectivity index (χ1) is 18.0. The van der Waals surface area contributed by atoms with Crippen LogP contribution in [-0.2, 0) is 4.18 Å². The molecule has 0 aliphatic heterocycles. The molecule has 5 fully saturated rings. The average Bonchev–Trinajstić information content (AvgIpc) is 3.27. The summed E-state index contributed by atoms with van der Waals surface area (Å²) in [4.78, 5) is 11.7. The Morgan fingerprint density at radius 2 is 1.41 bits per heavy atom. The van der Waals surface area contributed by atoms with Crippen LogP contribution in [0.1, 0.15) is 126 Å². The van der Waals surface area contributed by atoms with Crippen LogP contribution in [0.15, 0.2) is 17.8 Å². The number of rotatable bonds is 4. The van der Waals surface area contributed by atoms with E-state index in [1.54, 1.807) is 6.08 Å². The summed E-state index contributed by atoms with van der Waals surface area (Å²) in [7, 11) is -1.07. The lowest BCUT2D eigenvalue weighted by Gasteiger charge is -2.68. The van der Waals surface area contributed by atoms with E-state index in [9.17, 15) is 4.91 Å². The van der Waals surface area contributed by atoms with Crippen molar-refractivity contribution >= 4 is 10.3 Å². The summed E-state index contributed by atoms with van der Waals surface area (Å²) in [6, 6.07) is 0.00677. The van der Waals surface area contributed by atoms with Crippen molar-refractivity contribution in [3.8, 4) is 0 Å². The second-order valence-corrected chi connectivity index (χ2v) is 20.8. The Hall–Kier alpha value is -0.350. The number of hydrogen-bond donors (Lipinski definition) is 0. The van der Waals surface area contributed by atoms with Crippen LogP contribution in [-0.4, -0.2) is 29.9 Å². The Morgan fingerprint density at radius 1 is 0.846 bits per heavy atom. The Labute approximate surface area is 244 Å². The Morgan fingerprint density at radius 3 is 2.00 bits per heavy atom. The van der Waals surface area contributed by atoms with Gasteiger partial charge in [-0.1, -0.05) is 66.1 Å². The highest BCUT2D eigenvalue weighted by Crippen LogP contribution is 2.73. The lowest BCUT2D eigenvalue weighted by Crippen LogP contribution is -2.62. The zero-order valence-electron chi connectivity index (χ0n) is 27.4. The van der Waals surface area contributed by atoms with E-state index in [4.69, 9.17) is 4.18 Å². The van der Waals surface area contributed by atoms with E-state index >= 15 is 0 Å². The van der Waals surface area contributed by atoms with Crippen molar-refractivity contribution in [3.63, 3.8) is 0 Å². The van der Waals surface area contributed by atoms with Crippen LogP contribution in [0.25, 0.3) is 0 Å². The fraction of sp³-hybridized carbons (Fsp3) is 0.943. The van der Waals surface area contributed by atoms with Gasteiger partial charge in [-0.05, 0) is 135 Å². The Bertz CT molecular complexity index is 907. The molecule has 0 aromatic rings. The Kier molecular flexibility index (Phi) is 8.69. The van der Waals surface area contributed by atoms with Crippen molar-refractivity contribution < 1.29 is 4.18 Å². The van der Waals surface area contributed by atoms with E-state index in [1.165, 1.54) is 64.2 Å². The van der Waals surface area contributed by atoms with Gasteiger partial charge in [0.15, 0.2) is 0 Å². The molecule has 0 aromatic heterocycles. The van der Waals surface area contributed by atoms with E-state index in [0.717, 1.165) is 36.7 Å². The molecular weight excluding hydrogens is 498 g/mol. The first-order valence-electron chi connectivity index (χ1n) is 16.3. The van der Waals surface area contributed by atoms with Gasteiger partial charge in [-0.3, -0.25) is 0 Å². The van der Waals surface area contributed by atoms with Crippen LogP contribution >= 0.6 is 10.3 Å². The highest BCUT2D eigenvalue weighted by atomic mass is 32.3. The van der Waals surface area contributed by atoms with Gasteiger partial charge in [0.1, 0.15) is 0 Å². The van der Waals surface area contributed by atoms with Crippen molar-refractivity contribution in [1.82, 2.24) is 0 Å². The second kappa shape index (κ2) is 10.7. The molecule has 8 unspecified atom stereocenters. The van der Waals surface area contributed by atoms with E-state index < -0.39 is 10.3 Å². The molecule has 4 heteroatoms. The number of fused-ring (bicyclic) bond motifs is 7. The van der Waals surface area contributed by atoms with Gasteiger partial charge in [-0.15, -0.1) is 16.9 Å². The van der Waals surface area contributed by atoms with E-state index in [-0.39, 0.29) is 16.2 Å². The van der Waals surface area contributed by atoms with Gasteiger partial charge in [-0.25, -0.2) is 0 Å². The fourth-order valence-electron chi connectivity index (χ4n) is 11.0. The molecule has 0 saturated heterocycles. The largest absolute Gasteiger partial charge is 0.336 e. The van der Waals surface area contributed by atoms with Gasteiger partial charge in [0.05, 0.1) is 12.6 Å². The monoisotopic (exact) mass is 561 g/mol. The minimum atomic E-state index is -1.07. The van der Waals surface area contributed by atoms with Crippen molar-refractivity contribution in [3.05, 3.63) is 17.6 Å². The standard InChI is InChI=1S/C32H57NO2S.C3H6/c1-28(2,3)36(8,9)35-21-32-17-10-11-25(32)24-13-12-23-22(30(24,6)19-20-32)14-15-26-29(4,5)27(33-34)16-18-31(23,26)7;1-3-2/h22-27H,10-21H2,1-9H3;3H,1H2,2H3/t22?,23?,24?,25?,26?,27?,30-,31?,32?;/m0./s1. The van der Waals surface area contributed by atoms with Gasteiger partial charge in [0, 0.05) is 4.75 Å². The van der Waals surface area contributed by atoms with Crippen molar-refractivity contribution in [2.45, 2.75) is 137 Å². The van der Waals surface area contributed by atoms with Gasteiger partial charge >= 0.3 is 0 Å². The lowest BCUT2D eigenvalue weighted by molar-refractivity contribution is -0.192. The molecule has 0 amide bonds. The summed E-state index contributed by atoms with van der Waals surface area (Å²) in [6.45, 7) is 23.4. The van der Waals surface area contributed by atoms with Crippen LogP contribution < -0.4 is 0 Å². The maximum absolute atomic E-state index is 11.7. The van der Waals surface area contributed by atoms with Crippen LogP contribution in [0.3, 0.4) is 0 Å². The predicted octanol–water partition coefficient (Wildman–Crippen LogP) is 10.6. The van der Waals surface area contributed by atoms with Gasteiger partial charge in [0.2, 0.25) is 0 Å². The molecule has 5 rings (SSSR count). The third-order valence-electron chi connectivity index (χ3n) is 14.0. The molecule has 5 aliphatic rings. The molecular formula is C35H63NO2S. The van der Waals surface area contributed by atoms with Crippen molar-refractivity contribution in [2.75, 3.05) is 19.1 Å². The Balaban J connectivity index is 0.00000112. The fourth-order valence-corrected chi connectivity index (χ4v) is 11.9. The normalized spacial score (nSPS) is 45.4. The van der Waals surface area contributed by atoms with E-state index in [0.29, 0.717) is 22.2 Å². The number of hydrogen-bond acceptors (Lipinski definition) is 3. The SMILES string of the molecule is C=CC.CC1(C)C(N=O)CCC2(C)C3CCC4C5CCCC5(COS(C)(C)C(C)(C)C)CC[C@@]4(C)C3CCC12. The molecule has 5 saturated carbocycles.